The van der Waals surface area contributed by atoms with Crippen molar-refractivity contribution in [1.82, 2.24) is 0 Å². The molecule has 0 bridgehead atoms. The molecule has 0 amide bonds. The van der Waals surface area contributed by atoms with E-state index in [9.17, 15) is 0 Å². The second kappa shape index (κ2) is 10.2. The normalized spacial score (nSPS) is 11.1. The zero-order chi connectivity index (χ0) is 14.8. The number of halogens is 1. The summed E-state index contributed by atoms with van der Waals surface area (Å²) in [6.07, 6.45) is 10.7. The van der Waals surface area contributed by atoms with E-state index in [4.69, 9.17) is 4.74 Å². The van der Waals surface area contributed by atoms with Crippen LogP contribution >= 0.6 is 27.3 Å². The Hall–Kier alpha value is -0.540. The maximum absolute atomic E-state index is 5.94. The van der Waals surface area contributed by atoms with Crippen LogP contribution in [0.1, 0.15) is 51.4 Å². The molecule has 2 rings (SSSR count). The average molecular weight is 369 g/mol. The Bertz CT molecular complexity index is 509. The SMILES string of the molecule is BrCCCCCCCCCCOc1cccc2sccc12. The van der Waals surface area contributed by atoms with Crippen molar-refractivity contribution in [3.63, 3.8) is 0 Å². The number of hydrogen-bond acceptors (Lipinski definition) is 2. The van der Waals surface area contributed by atoms with Gasteiger partial charge in [-0.2, -0.15) is 0 Å². The van der Waals surface area contributed by atoms with Crippen molar-refractivity contribution in [2.75, 3.05) is 11.9 Å². The summed E-state index contributed by atoms with van der Waals surface area (Å²) >= 11 is 5.26. The highest BCUT2D eigenvalue weighted by Gasteiger charge is 2.02. The van der Waals surface area contributed by atoms with Crippen molar-refractivity contribution in [3.8, 4) is 5.75 Å². The van der Waals surface area contributed by atoms with Gasteiger partial charge in [-0.15, -0.1) is 11.3 Å². The summed E-state index contributed by atoms with van der Waals surface area (Å²) in [5.74, 6) is 1.04. The molecule has 21 heavy (non-hydrogen) atoms. The predicted molar refractivity (Wildman–Crippen MR) is 98.1 cm³/mol. The van der Waals surface area contributed by atoms with Crippen LogP contribution in [0.3, 0.4) is 0 Å². The van der Waals surface area contributed by atoms with E-state index in [1.807, 2.05) is 0 Å². The first-order valence-corrected chi connectivity index (χ1v) is 10.1. The van der Waals surface area contributed by atoms with Crippen LogP contribution in [0.25, 0.3) is 10.1 Å². The van der Waals surface area contributed by atoms with Crippen LogP contribution in [-0.4, -0.2) is 11.9 Å². The van der Waals surface area contributed by atoms with Crippen molar-refractivity contribution in [2.45, 2.75) is 51.4 Å². The van der Waals surface area contributed by atoms with Gasteiger partial charge in [0.2, 0.25) is 0 Å². The van der Waals surface area contributed by atoms with Crippen LogP contribution in [0.2, 0.25) is 0 Å². The van der Waals surface area contributed by atoms with Crippen LogP contribution in [-0.2, 0) is 0 Å². The second-order valence-electron chi connectivity index (χ2n) is 5.45. The smallest absolute Gasteiger partial charge is 0.127 e. The van der Waals surface area contributed by atoms with E-state index in [0.717, 1.165) is 17.7 Å². The Morgan fingerprint density at radius 3 is 2.33 bits per heavy atom. The van der Waals surface area contributed by atoms with Gasteiger partial charge in [-0.3, -0.25) is 0 Å². The molecule has 0 aliphatic heterocycles. The molecule has 1 aromatic heterocycles. The number of alkyl halides is 1. The molecule has 0 radical (unpaired) electrons. The third-order valence-electron chi connectivity index (χ3n) is 3.74. The van der Waals surface area contributed by atoms with Crippen LogP contribution in [0.5, 0.6) is 5.75 Å². The van der Waals surface area contributed by atoms with Crippen LogP contribution in [0.15, 0.2) is 29.6 Å². The molecule has 1 heterocycles. The lowest BCUT2D eigenvalue weighted by Gasteiger charge is -2.07. The number of rotatable bonds is 11. The van der Waals surface area contributed by atoms with Crippen molar-refractivity contribution >= 4 is 37.4 Å². The van der Waals surface area contributed by atoms with Gasteiger partial charge in [0.05, 0.1) is 6.61 Å². The largest absolute Gasteiger partial charge is 0.493 e. The molecule has 0 N–H and O–H groups in total. The number of unbranched alkanes of at least 4 members (excludes halogenated alkanes) is 7. The fourth-order valence-electron chi connectivity index (χ4n) is 2.53. The fourth-order valence-corrected chi connectivity index (χ4v) is 3.73. The van der Waals surface area contributed by atoms with E-state index in [2.05, 4.69) is 45.6 Å². The molecule has 0 unspecified atom stereocenters. The van der Waals surface area contributed by atoms with E-state index in [1.54, 1.807) is 11.3 Å². The number of fused-ring (bicyclic) bond motifs is 1. The first-order chi connectivity index (χ1) is 10.4. The highest BCUT2D eigenvalue weighted by molar-refractivity contribution is 9.09. The molecule has 0 saturated carbocycles. The number of benzene rings is 1. The van der Waals surface area contributed by atoms with Crippen molar-refractivity contribution in [2.24, 2.45) is 0 Å². The minimum atomic E-state index is 0.846. The van der Waals surface area contributed by atoms with Crippen molar-refractivity contribution in [1.29, 1.82) is 0 Å². The zero-order valence-corrected chi connectivity index (χ0v) is 15.1. The standard InChI is InChI=1S/C18H25BrOS/c19-13-7-5-3-1-2-4-6-8-14-20-17-10-9-11-18-16(17)12-15-21-18/h9-12,15H,1-8,13-14H2. The quantitative estimate of drug-likeness (QED) is 0.313. The van der Waals surface area contributed by atoms with E-state index in [1.165, 1.54) is 61.5 Å². The summed E-state index contributed by atoms with van der Waals surface area (Å²) in [5.41, 5.74) is 0. The fraction of sp³-hybridized carbons (Fsp3) is 0.556. The lowest BCUT2D eigenvalue weighted by Crippen LogP contribution is -1.97. The van der Waals surface area contributed by atoms with E-state index < -0.39 is 0 Å². The molecule has 3 heteroatoms. The Morgan fingerprint density at radius 1 is 0.857 bits per heavy atom. The van der Waals surface area contributed by atoms with Gasteiger partial charge in [0, 0.05) is 15.4 Å². The van der Waals surface area contributed by atoms with Crippen LogP contribution in [0, 0.1) is 0 Å². The minimum absolute atomic E-state index is 0.846. The highest BCUT2D eigenvalue weighted by Crippen LogP contribution is 2.29. The second-order valence-corrected chi connectivity index (χ2v) is 7.20. The van der Waals surface area contributed by atoms with Gasteiger partial charge in [-0.05, 0) is 36.4 Å². The Morgan fingerprint density at radius 2 is 1.57 bits per heavy atom. The Kier molecular flexibility index (Phi) is 8.20. The summed E-state index contributed by atoms with van der Waals surface area (Å²) in [5, 5.41) is 4.54. The van der Waals surface area contributed by atoms with Crippen LogP contribution < -0.4 is 4.74 Å². The van der Waals surface area contributed by atoms with Gasteiger partial charge in [0.25, 0.3) is 0 Å². The van der Waals surface area contributed by atoms with Crippen LogP contribution in [0.4, 0.5) is 0 Å². The van der Waals surface area contributed by atoms with E-state index in [0.29, 0.717) is 0 Å². The topological polar surface area (TPSA) is 9.23 Å². The lowest BCUT2D eigenvalue weighted by atomic mass is 10.1. The number of hydrogen-bond donors (Lipinski definition) is 0. The average Bonchev–Trinajstić information content (AvgIpc) is 2.98. The molecule has 0 aliphatic carbocycles. The molecular formula is C18H25BrOS. The first-order valence-electron chi connectivity index (χ1n) is 8.07. The van der Waals surface area contributed by atoms with Gasteiger partial charge in [-0.25, -0.2) is 0 Å². The summed E-state index contributed by atoms with van der Waals surface area (Å²) in [6, 6.07) is 8.48. The molecule has 0 aliphatic rings. The lowest BCUT2D eigenvalue weighted by molar-refractivity contribution is 0.307. The molecule has 2 aromatic rings. The van der Waals surface area contributed by atoms with Gasteiger partial charge in [0.1, 0.15) is 5.75 Å². The van der Waals surface area contributed by atoms with Gasteiger partial charge in [0.15, 0.2) is 0 Å². The third-order valence-corrected chi connectivity index (χ3v) is 5.18. The molecule has 1 aromatic carbocycles. The summed E-state index contributed by atoms with van der Waals surface area (Å²) < 4.78 is 7.25. The minimum Gasteiger partial charge on any atom is -0.493 e. The van der Waals surface area contributed by atoms with Gasteiger partial charge in [-0.1, -0.05) is 60.5 Å². The first kappa shape index (κ1) is 16.8. The molecule has 0 atom stereocenters. The zero-order valence-electron chi connectivity index (χ0n) is 12.7. The maximum Gasteiger partial charge on any atom is 0.127 e. The summed E-state index contributed by atoms with van der Waals surface area (Å²) in [6.45, 7) is 0.846. The molecule has 0 saturated heterocycles. The summed E-state index contributed by atoms with van der Waals surface area (Å²) in [4.78, 5) is 0. The molecule has 116 valence electrons. The van der Waals surface area contributed by atoms with Crippen molar-refractivity contribution < 1.29 is 4.74 Å². The maximum atomic E-state index is 5.94. The summed E-state index contributed by atoms with van der Waals surface area (Å²) in [7, 11) is 0. The van der Waals surface area contributed by atoms with Crippen molar-refractivity contribution in [3.05, 3.63) is 29.6 Å². The van der Waals surface area contributed by atoms with E-state index >= 15 is 0 Å². The Balaban J connectivity index is 1.53. The predicted octanol–water partition coefficient (Wildman–Crippen LogP) is 6.80. The highest BCUT2D eigenvalue weighted by atomic mass is 79.9. The Labute approximate surface area is 140 Å². The molecule has 1 nitrogen and oxygen atoms in total. The van der Waals surface area contributed by atoms with E-state index in [-0.39, 0.29) is 0 Å². The molecule has 0 fully saturated rings. The van der Waals surface area contributed by atoms with Gasteiger partial charge < -0.3 is 4.74 Å². The van der Waals surface area contributed by atoms with Gasteiger partial charge >= 0.3 is 0 Å². The third kappa shape index (κ3) is 5.99. The molecular weight excluding hydrogens is 344 g/mol. The molecule has 0 spiro atoms. The monoisotopic (exact) mass is 368 g/mol. The number of thiophene rings is 1. The number of ether oxygens (including phenoxy) is 1.